The van der Waals surface area contributed by atoms with Crippen LogP contribution in [0.1, 0.15) is 38.2 Å². The second-order valence-corrected chi connectivity index (χ2v) is 7.51. The lowest BCUT2D eigenvalue weighted by molar-refractivity contribution is -0.264. The number of esters is 4. The fourth-order valence-electron chi connectivity index (χ4n) is 2.98. The molecular formula is C19H22BrNO11. The van der Waals surface area contributed by atoms with Gasteiger partial charge in [-0.05, 0) is 28.1 Å². The van der Waals surface area contributed by atoms with Gasteiger partial charge < -0.3 is 33.4 Å². The number of furan rings is 1. The van der Waals surface area contributed by atoms with E-state index in [0.717, 1.165) is 20.8 Å². The molecule has 0 aliphatic carbocycles. The minimum absolute atomic E-state index is 0.176. The van der Waals surface area contributed by atoms with Crippen LogP contribution in [0.4, 0.5) is 0 Å². The molecule has 2 heterocycles. The summed E-state index contributed by atoms with van der Waals surface area (Å²) >= 11 is 3.06. The zero-order valence-corrected chi connectivity index (χ0v) is 19.2. The lowest BCUT2D eigenvalue weighted by atomic mass is 9.96. The van der Waals surface area contributed by atoms with Crippen LogP contribution in [-0.2, 0) is 42.9 Å². The van der Waals surface area contributed by atoms with Gasteiger partial charge in [0.1, 0.15) is 18.8 Å². The number of carbonyl (C=O) groups is 5. The van der Waals surface area contributed by atoms with Gasteiger partial charge in [-0.1, -0.05) is 0 Å². The Morgan fingerprint density at radius 3 is 2.06 bits per heavy atom. The number of amides is 1. The summed E-state index contributed by atoms with van der Waals surface area (Å²) in [6.07, 6.45) is -5.35. The van der Waals surface area contributed by atoms with Crippen LogP contribution in [0, 0.1) is 0 Å². The van der Waals surface area contributed by atoms with Crippen molar-refractivity contribution in [2.45, 2.75) is 58.3 Å². The van der Waals surface area contributed by atoms with Crippen molar-refractivity contribution in [1.82, 2.24) is 5.32 Å². The number of hydrogen-bond donors (Lipinski definition) is 1. The van der Waals surface area contributed by atoms with Crippen molar-refractivity contribution in [2.24, 2.45) is 0 Å². The van der Waals surface area contributed by atoms with E-state index in [0.29, 0.717) is 0 Å². The van der Waals surface area contributed by atoms with Crippen molar-refractivity contribution < 1.29 is 52.1 Å². The Labute approximate surface area is 190 Å². The average Bonchev–Trinajstić information content (AvgIpc) is 3.10. The topological polar surface area (TPSA) is 157 Å². The van der Waals surface area contributed by atoms with Crippen molar-refractivity contribution in [3.63, 3.8) is 0 Å². The Morgan fingerprint density at radius 2 is 1.56 bits per heavy atom. The van der Waals surface area contributed by atoms with E-state index in [1.165, 1.54) is 19.1 Å². The zero-order valence-electron chi connectivity index (χ0n) is 17.6. The molecule has 5 atom stereocenters. The number of rotatable bonds is 7. The molecule has 1 aliphatic rings. The van der Waals surface area contributed by atoms with E-state index in [-0.39, 0.29) is 10.4 Å². The van der Waals surface area contributed by atoms with Crippen LogP contribution < -0.4 is 5.32 Å². The monoisotopic (exact) mass is 519 g/mol. The van der Waals surface area contributed by atoms with Crippen LogP contribution in [0.5, 0.6) is 0 Å². The van der Waals surface area contributed by atoms with Gasteiger partial charge in [0.15, 0.2) is 16.9 Å². The molecule has 0 saturated carbocycles. The van der Waals surface area contributed by atoms with Crippen molar-refractivity contribution in [3.8, 4) is 0 Å². The Bertz CT molecular complexity index is 882. The third-order valence-corrected chi connectivity index (χ3v) is 4.49. The summed E-state index contributed by atoms with van der Waals surface area (Å²) in [5.41, 5.74) is 0. The maximum atomic E-state index is 12.5. The highest BCUT2D eigenvalue weighted by Crippen LogP contribution is 2.29. The van der Waals surface area contributed by atoms with Crippen LogP contribution in [0.2, 0.25) is 0 Å². The third-order valence-electron chi connectivity index (χ3n) is 4.07. The molecule has 32 heavy (non-hydrogen) atoms. The molecule has 1 fully saturated rings. The summed E-state index contributed by atoms with van der Waals surface area (Å²) in [4.78, 5) is 59.1. The summed E-state index contributed by atoms with van der Waals surface area (Å²) < 4.78 is 32.0. The van der Waals surface area contributed by atoms with Crippen molar-refractivity contribution >= 4 is 45.7 Å². The van der Waals surface area contributed by atoms with Crippen molar-refractivity contribution in [2.75, 3.05) is 6.61 Å². The summed E-state index contributed by atoms with van der Waals surface area (Å²) in [6.45, 7) is 4.13. The number of carbonyl (C=O) groups excluding carboxylic acids is 5. The Balaban J connectivity index is 2.42. The molecule has 176 valence electrons. The van der Waals surface area contributed by atoms with Gasteiger partial charge in [0, 0.05) is 27.7 Å². The van der Waals surface area contributed by atoms with Crippen LogP contribution in [0.15, 0.2) is 21.2 Å². The molecule has 0 bridgehead atoms. The van der Waals surface area contributed by atoms with Gasteiger partial charge in [-0.2, -0.15) is 0 Å². The Kier molecular flexibility index (Phi) is 8.78. The first-order chi connectivity index (χ1) is 15.0. The Morgan fingerprint density at radius 1 is 0.938 bits per heavy atom. The van der Waals surface area contributed by atoms with Gasteiger partial charge in [0.2, 0.25) is 18.0 Å². The molecule has 0 spiro atoms. The van der Waals surface area contributed by atoms with E-state index < -0.39 is 67.0 Å². The third kappa shape index (κ3) is 7.05. The molecule has 1 N–H and O–H groups in total. The quantitative estimate of drug-likeness (QED) is 0.402. The van der Waals surface area contributed by atoms with Crippen LogP contribution >= 0.6 is 15.9 Å². The van der Waals surface area contributed by atoms with Gasteiger partial charge >= 0.3 is 23.9 Å². The fraction of sp³-hybridized carbons (Fsp3) is 0.526. The molecule has 1 aromatic heterocycles. The smallest absolute Gasteiger partial charge is 0.376 e. The van der Waals surface area contributed by atoms with E-state index >= 15 is 0 Å². The van der Waals surface area contributed by atoms with Gasteiger partial charge in [-0.25, -0.2) is 4.79 Å². The number of ether oxygens (including phenoxy) is 5. The average molecular weight is 520 g/mol. The normalized spacial score (nSPS) is 24.7. The highest BCUT2D eigenvalue weighted by atomic mass is 79.9. The van der Waals surface area contributed by atoms with E-state index in [9.17, 15) is 24.0 Å². The first-order valence-electron chi connectivity index (χ1n) is 9.34. The van der Waals surface area contributed by atoms with E-state index in [1.807, 2.05) is 0 Å². The molecule has 12 nitrogen and oxygen atoms in total. The molecule has 0 unspecified atom stereocenters. The minimum Gasteiger partial charge on any atom is -0.463 e. The second-order valence-electron chi connectivity index (χ2n) is 6.73. The van der Waals surface area contributed by atoms with Gasteiger partial charge in [0.05, 0.1) is 0 Å². The first kappa shape index (κ1) is 25.3. The molecule has 1 aromatic rings. The highest BCUT2D eigenvalue weighted by Gasteiger charge is 2.52. The van der Waals surface area contributed by atoms with Gasteiger partial charge in [0.25, 0.3) is 0 Å². The SMILES string of the molecule is CC(=O)N[C@@H]1[C@H](OC(=O)c2ccc(Br)o2)O[C@H](COC(C)=O)[C@H](OC(C)=O)[C@H]1OC(C)=O. The van der Waals surface area contributed by atoms with Crippen LogP contribution in [-0.4, -0.2) is 67.0 Å². The van der Waals surface area contributed by atoms with Gasteiger partial charge in [-0.3, -0.25) is 19.2 Å². The van der Waals surface area contributed by atoms with E-state index in [4.69, 9.17) is 28.1 Å². The highest BCUT2D eigenvalue weighted by molar-refractivity contribution is 9.10. The number of halogens is 1. The number of hydrogen-bond acceptors (Lipinski definition) is 11. The van der Waals surface area contributed by atoms with Crippen molar-refractivity contribution in [3.05, 3.63) is 22.6 Å². The molecule has 0 radical (unpaired) electrons. The molecule has 1 saturated heterocycles. The minimum atomic E-state index is -1.52. The van der Waals surface area contributed by atoms with Crippen molar-refractivity contribution in [1.29, 1.82) is 0 Å². The second kappa shape index (κ2) is 11.1. The van der Waals surface area contributed by atoms with E-state index in [1.54, 1.807) is 0 Å². The zero-order chi connectivity index (χ0) is 24.0. The number of nitrogens with one attached hydrogen (secondary N) is 1. The predicted octanol–water partition coefficient (Wildman–Crippen LogP) is 0.855. The molecular weight excluding hydrogens is 498 g/mol. The van der Waals surface area contributed by atoms with Crippen LogP contribution in [0.3, 0.4) is 0 Å². The first-order valence-corrected chi connectivity index (χ1v) is 10.1. The molecule has 13 heteroatoms. The summed E-state index contributed by atoms with van der Waals surface area (Å²) in [6, 6.07) is 1.53. The molecule has 1 aliphatic heterocycles. The predicted molar refractivity (Wildman–Crippen MR) is 106 cm³/mol. The van der Waals surface area contributed by atoms with Crippen LogP contribution in [0.25, 0.3) is 0 Å². The van der Waals surface area contributed by atoms with Gasteiger partial charge in [-0.15, -0.1) is 0 Å². The molecule has 1 amide bonds. The largest absolute Gasteiger partial charge is 0.463 e. The molecule has 0 aromatic carbocycles. The summed E-state index contributed by atoms with van der Waals surface area (Å²) in [5.74, 6) is -3.87. The van der Waals surface area contributed by atoms with E-state index in [2.05, 4.69) is 21.2 Å². The maximum Gasteiger partial charge on any atom is 0.376 e. The summed E-state index contributed by atoms with van der Waals surface area (Å²) in [7, 11) is 0. The Hall–Kier alpha value is -2.93. The lowest BCUT2D eigenvalue weighted by Crippen LogP contribution is -2.66. The maximum absolute atomic E-state index is 12.5. The lowest BCUT2D eigenvalue weighted by Gasteiger charge is -2.44. The molecule has 2 rings (SSSR count). The summed E-state index contributed by atoms with van der Waals surface area (Å²) in [5, 5.41) is 2.48. The standard InChI is InChI=1S/C19H22BrNO11/c1-8(22)21-15-17(29-11(4)25)16(28-10(3)24)13(7-27-9(2)23)31-19(15)32-18(26)12-5-6-14(20)30-12/h5-6,13,15-17,19H,7H2,1-4H3,(H,21,22)/t13-,15+,16+,17+,19+/m1/s1. The fourth-order valence-corrected chi connectivity index (χ4v) is 3.29.